The van der Waals surface area contributed by atoms with Gasteiger partial charge in [0.05, 0.1) is 0 Å². The molecule has 0 aliphatic carbocycles. The zero-order chi connectivity index (χ0) is 6.69. The highest BCUT2D eigenvalue weighted by molar-refractivity contribution is 4.73. The highest BCUT2D eigenvalue weighted by Crippen LogP contribution is 2.20. The summed E-state index contributed by atoms with van der Waals surface area (Å²) in [5.74, 6) is 1.90. The van der Waals surface area contributed by atoms with Crippen molar-refractivity contribution in [3.63, 3.8) is 0 Å². The Morgan fingerprint density at radius 2 is 2.33 bits per heavy atom. The average Bonchev–Trinajstić information content (AvgIpc) is 1.89. The molecule has 0 aromatic heterocycles. The molecule has 0 amide bonds. The van der Waals surface area contributed by atoms with Gasteiger partial charge in [-0.25, -0.2) is 0 Å². The van der Waals surface area contributed by atoms with Crippen molar-refractivity contribution < 1.29 is 0 Å². The standard InChI is InChI=1S/C8H17N/c1-3-8-4-5-9-6-7(8)2/h7-9H,3-6H2,1-2H3/t7-,8?/m0/s1. The van der Waals surface area contributed by atoms with Crippen molar-refractivity contribution in [2.45, 2.75) is 26.7 Å². The molecule has 1 nitrogen and oxygen atoms in total. The fraction of sp³-hybridized carbons (Fsp3) is 1.00. The Morgan fingerprint density at radius 3 is 2.78 bits per heavy atom. The number of rotatable bonds is 1. The molecule has 1 unspecified atom stereocenters. The Labute approximate surface area is 57.8 Å². The van der Waals surface area contributed by atoms with Crippen molar-refractivity contribution in [3.05, 3.63) is 0 Å². The van der Waals surface area contributed by atoms with E-state index in [1.54, 1.807) is 0 Å². The minimum Gasteiger partial charge on any atom is -0.316 e. The molecule has 1 aliphatic heterocycles. The summed E-state index contributed by atoms with van der Waals surface area (Å²) in [6.45, 7) is 7.12. The molecule has 1 heteroatoms. The Bertz CT molecular complexity index is 80.6. The number of piperidine rings is 1. The molecule has 0 spiro atoms. The molecule has 2 atom stereocenters. The molecular formula is C8H17N. The fourth-order valence-corrected chi connectivity index (χ4v) is 1.67. The molecule has 0 bridgehead atoms. The summed E-state index contributed by atoms with van der Waals surface area (Å²) in [6, 6.07) is 0. The van der Waals surface area contributed by atoms with Crippen LogP contribution in [-0.2, 0) is 0 Å². The van der Waals surface area contributed by atoms with Crippen LogP contribution in [0.5, 0.6) is 0 Å². The lowest BCUT2D eigenvalue weighted by Crippen LogP contribution is -2.34. The first-order valence-electron chi connectivity index (χ1n) is 4.05. The summed E-state index contributed by atoms with van der Waals surface area (Å²) >= 11 is 0. The van der Waals surface area contributed by atoms with E-state index in [0.29, 0.717) is 0 Å². The second-order valence-electron chi connectivity index (χ2n) is 3.14. The highest BCUT2D eigenvalue weighted by Gasteiger charge is 2.18. The smallest absolute Gasteiger partial charge is 0.00205 e. The van der Waals surface area contributed by atoms with Crippen LogP contribution in [0.15, 0.2) is 0 Å². The van der Waals surface area contributed by atoms with Crippen molar-refractivity contribution in [1.29, 1.82) is 0 Å². The molecule has 0 radical (unpaired) electrons. The number of hydrogen-bond donors (Lipinski definition) is 1. The molecule has 0 aromatic rings. The lowest BCUT2D eigenvalue weighted by atomic mass is 9.86. The van der Waals surface area contributed by atoms with Crippen molar-refractivity contribution >= 4 is 0 Å². The molecule has 1 fully saturated rings. The summed E-state index contributed by atoms with van der Waals surface area (Å²) in [4.78, 5) is 0. The summed E-state index contributed by atoms with van der Waals surface area (Å²) in [6.07, 6.45) is 2.75. The maximum Gasteiger partial charge on any atom is -0.00205 e. The third-order valence-electron chi connectivity index (χ3n) is 2.49. The van der Waals surface area contributed by atoms with Crippen LogP contribution in [0.2, 0.25) is 0 Å². The topological polar surface area (TPSA) is 12.0 Å². The van der Waals surface area contributed by atoms with Crippen molar-refractivity contribution in [2.75, 3.05) is 13.1 Å². The minimum absolute atomic E-state index is 0.906. The first-order valence-corrected chi connectivity index (χ1v) is 4.05. The quantitative estimate of drug-likeness (QED) is 0.564. The van der Waals surface area contributed by atoms with Gasteiger partial charge in [0.1, 0.15) is 0 Å². The third kappa shape index (κ3) is 1.68. The van der Waals surface area contributed by atoms with E-state index in [1.807, 2.05) is 0 Å². The lowest BCUT2D eigenvalue weighted by molar-refractivity contribution is 0.266. The van der Waals surface area contributed by atoms with Crippen molar-refractivity contribution in [2.24, 2.45) is 11.8 Å². The maximum atomic E-state index is 3.40. The van der Waals surface area contributed by atoms with Gasteiger partial charge >= 0.3 is 0 Å². The Hall–Kier alpha value is -0.0400. The first-order chi connectivity index (χ1) is 4.34. The zero-order valence-electron chi connectivity index (χ0n) is 6.48. The van der Waals surface area contributed by atoms with E-state index in [0.717, 1.165) is 11.8 Å². The van der Waals surface area contributed by atoms with E-state index in [-0.39, 0.29) is 0 Å². The molecule has 1 rings (SSSR count). The van der Waals surface area contributed by atoms with Gasteiger partial charge in [-0.05, 0) is 31.3 Å². The normalized spacial score (nSPS) is 36.7. The molecule has 9 heavy (non-hydrogen) atoms. The van der Waals surface area contributed by atoms with Gasteiger partial charge in [0.2, 0.25) is 0 Å². The van der Waals surface area contributed by atoms with E-state index in [1.165, 1.54) is 25.9 Å². The molecule has 1 saturated heterocycles. The molecule has 1 heterocycles. The number of hydrogen-bond acceptors (Lipinski definition) is 1. The average molecular weight is 127 g/mol. The van der Waals surface area contributed by atoms with Crippen LogP contribution in [0.4, 0.5) is 0 Å². The lowest BCUT2D eigenvalue weighted by Gasteiger charge is -2.28. The monoisotopic (exact) mass is 127 g/mol. The molecule has 0 saturated carbocycles. The summed E-state index contributed by atoms with van der Waals surface area (Å²) in [5, 5.41) is 3.40. The van der Waals surface area contributed by atoms with Gasteiger partial charge in [-0.1, -0.05) is 20.3 Å². The minimum atomic E-state index is 0.906. The van der Waals surface area contributed by atoms with Crippen LogP contribution in [-0.4, -0.2) is 13.1 Å². The summed E-state index contributed by atoms with van der Waals surface area (Å²) < 4.78 is 0. The third-order valence-corrected chi connectivity index (χ3v) is 2.49. The van der Waals surface area contributed by atoms with Crippen molar-refractivity contribution in [1.82, 2.24) is 5.32 Å². The van der Waals surface area contributed by atoms with E-state index in [2.05, 4.69) is 19.2 Å². The van der Waals surface area contributed by atoms with E-state index in [9.17, 15) is 0 Å². The number of nitrogens with one attached hydrogen (secondary N) is 1. The van der Waals surface area contributed by atoms with Crippen LogP contribution in [0.3, 0.4) is 0 Å². The van der Waals surface area contributed by atoms with Crippen LogP contribution in [0, 0.1) is 11.8 Å². The first kappa shape index (κ1) is 7.07. The molecular weight excluding hydrogens is 110 g/mol. The van der Waals surface area contributed by atoms with E-state index < -0.39 is 0 Å². The Morgan fingerprint density at radius 1 is 1.56 bits per heavy atom. The van der Waals surface area contributed by atoms with Crippen LogP contribution >= 0.6 is 0 Å². The van der Waals surface area contributed by atoms with Crippen LogP contribution in [0.25, 0.3) is 0 Å². The van der Waals surface area contributed by atoms with E-state index >= 15 is 0 Å². The predicted octanol–water partition coefficient (Wildman–Crippen LogP) is 1.64. The van der Waals surface area contributed by atoms with Gasteiger partial charge in [-0.2, -0.15) is 0 Å². The predicted molar refractivity (Wildman–Crippen MR) is 40.4 cm³/mol. The molecule has 1 N–H and O–H groups in total. The van der Waals surface area contributed by atoms with E-state index in [4.69, 9.17) is 0 Å². The van der Waals surface area contributed by atoms with Gasteiger partial charge in [-0.3, -0.25) is 0 Å². The SMILES string of the molecule is CCC1CCNC[C@@H]1C. The van der Waals surface area contributed by atoms with Crippen LogP contribution < -0.4 is 5.32 Å². The summed E-state index contributed by atoms with van der Waals surface area (Å²) in [7, 11) is 0. The van der Waals surface area contributed by atoms with Crippen molar-refractivity contribution in [3.8, 4) is 0 Å². The van der Waals surface area contributed by atoms with Gasteiger partial charge < -0.3 is 5.32 Å². The Kier molecular flexibility index (Phi) is 2.52. The second kappa shape index (κ2) is 3.21. The molecule has 54 valence electrons. The molecule has 1 aliphatic rings. The van der Waals surface area contributed by atoms with Gasteiger partial charge in [0.25, 0.3) is 0 Å². The molecule has 0 aromatic carbocycles. The second-order valence-corrected chi connectivity index (χ2v) is 3.14. The maximum absolute atomic E-state index is 3.40. The highest BCUT2D eigenvalue weighted by atomic mass is 14.9. The van der Waals surface area contributed by atoms with Gasteiger partial charge in [0.15, 0.2) is 0 Å². The van der Waals surface area contributed by atoms with Crippen LogP contribution in [0.1, 0.15) is 26.7 Å². The van der Waals surface area contributed by atoms with Gasteiger partial charge in [0, 0.05) is 0 Å². The van der Waals surface area contributed by atoms with Gasteiger partial charge in [-0.15, -0.1) is 0 Å². The zero-order valence-corrected chi connectivity index (χ0v) is 6.48. The summed E-state index contributed by atoms with van der Waals surface area (Å²) in [5.41, 5.74) is 0. The largest absolute Gasteiger partial charge is 0.316 e. The Balaban J connectivity index is 2.30. The fourth-order valence-electron chi connectivity index (χ4n) is 1.67.